The Morgan fingerprint density at radius 3 is 2.91 bits per heavy atom. The Bertz CT molecular complexity index is 582. The first-order chi connectivity index (χ1) is 10.6. The lowest BCUT2D eigenvalue weighted by molar-refractivity contribution is -0.128. The Balaban J connectivity index is 1.57. The van der Waals surface area contributed by atoms with Gasteiger partial charge in [0.2, 0.25) is 5.91 Å². The van der Waals surface area contributed by atoms with Crippen molar-refractivity contribution in [3.63, 3.8) is 0 Å². The number of thiazole rings is 1. The van der Waals surface area contributed by atoms with Gasteiger partial charge in [0, 0.05) is 23.2 Å². The monoisotopic (exact) mass is 340 g/mol. The number of nitrogens with one attached hydrogen (secondary N) is 2. The van der Waals surface area contributed by atoms with Gasteiger partial charge >= 0.3 is 0 Å². The van der Waals surface area contributed by atoms with Gasteiger partial charge in [-0.15, -0.1) is 11.3 Å². The van der Waals surface area contributed by atoms with Crippen molar-refractivity contribution in [2.75, 3.05) is 6.61 Å². The standard InChI is InChI=1S/C16H24N2O2S2/c1-11-13(22-15(21)17-11)9-14(19)18-12-5-8-20-16(10-12)6-3-2-4-7-16/h12H,2-10H2,1H3,(H,17,21)(H,18,19)/t12-/m0/s1. The maximum atomic E-state index is 12.3. The Kier molecular flexibility index (Phi) is 5.00. The summed E-state index contributed by atoms with van der Waals surface area (Å²) < 4.78 is 6.83. The molecule has 2 heterocycles. The van der Waals surface area contributed by atoms with Gasteiger partial charge in [-0.3, -0.25) is 4.79 Å². The van der Waals surface area contributed by atoms with E-state index in [0.717, 1.165) is 46.8 Å². The lowest BCUT2D eigenvalue weighted by Crippen LogP contribution is -2.49. The molecule has 1 atom stereocenters. The summed E-state index contributed by atoms with van der Waals surface area (Å²) in [5.74, 6) is 0.103. The van der Waals surface area contributed by atoms with Crippen molar-refractivity contribution in [2.24, 2.45) is 0 Å². The first-order valence-corrected chi connectivity index (χ1v) is 9.41. The average Bonchev–Trinajstić information content (AvgIpc) is 2.77. The molecule has 1 amide bonds. The Morgan fingerprint density at radius 1 is 1.45 bits per heavy atom. The molecule has 122 valence electrons. The number of aromatic nitrogens is 1. The molecule has 4 nitrogen and oxygen atoms in total. The third-order valence-electron chi connectivity index (χ3n) is 4.87. The number of hydrogen-bond acceptors (Lipinski definition) is 4. The summed E-state index contributed by atoms with van der Waals surface area (Å²) in [6.45, 7) is 2.74. The lowest BCUT2D eigenvalue weighted by Gasteiger charge is -2.43. The van der Waals surface area contributed by atoms with E-state index in [1.54, 1.807) is 0 Å². The van der Waals surface area contributed by atoms with Gasteiger partial charge in [0.25, 0.3) is 0 Å². The fraction of sp³-hybridized carbons (Fsp3) is 0.750. The van der Waals surface area contributed by atoms with E-state index in [4.69, 9.17) is 17.0 Å². The number of carbonyl (C=O) groups excluding carboxylic acids is 1. The number of rotatable bonds is 3. The van der Waals surface area contributed by atoms with Gasteiger partial charge in [0.05, 0.1) is 12.0 Å². The third kappa shape index (κ3) is 3.78. The Morgan fingerprint density at radius 2 is 2.23 bits per heavy atom. The second-order valence-electron chi connectivity index (χ2n) is 6.59. The van der Waals surface area contributed by atoms with Crippen LogP contribution in [0, 0.1) is 10.9 Å². The largest absolute Gasteiger partial charge is 0.375 e. The highest BCUT2D eigenvalue weighted by Gasteiger charge is 2.38. The van der Waals surface area contributed by atoms with Crippen LogP contribution in [-0.2, 0) is 16.0 Å². The summed E-state index contributed by atoms with van der Waals surface area (Å²) in [6, 6.07) is 0.256. The first kappa shape index (κ1) is 16.1. The van der Waals surface area contributed by atoms with Gasteiger partial charge in [-0.2, -0.15) is 0 Å². The topological polar surface area (TPSA) is 54.1 Å². The molecular formula is C16H24N2O2S2. The quantitative estimate of drug-likeness (QED) is 0.826. The van der Waals surface area contributed by atoms with E-state index in [-0.39, 0.29) is 17.6 Å². The maximum Gasteiger partial charge on any atom is 0.225 e. The van der Waals surface area contributed by atoms with Crippen molar-refractivity contribution in [1.82, 2.24) is 10.3 Å². The van der Waals surface area contributed by atoms with Gasteiger partial charge in [0.15, 0.2) is 3.95 Å². The van der Waals surface area contributed by atoms with Crippen LogP contribution in [0.1, 0.15) is 55.5 Å². The van der Waals surface area contributed by atoms with Gasteiger partial charge in [0.1, 0.15) is 0 Å². The number of aryl methyl sites for hydroxylation is 1. The molecule has 2 N–H and O–H groups in total. The molecule has 0 bridgehead atoms. The second-order valence-corrected chi connectivity index (χ2v) is 8.36. The molecule has 1 saturated carbocycles. The summed E-state index contributed by atoms with van der Waals surface area (Å²) in [7, 11) is 0. The van der Waals surface area contributed by atoms with Gasteiger partial charge in [-0.25, -0.2) is 0 Å². The summed E-state index contributed by atoms with van der Waals surface area (Å²) in [4.78, 5) is 16.5. The average molecular weight is 341 g/mol. The van der Waals surface area contributed by atoms with E-state index in [1.807, 2.05) is 6.92 Å². The van der Waals surface area contributed by atoms with Crippen LogP contribution in [0.3, 0.4) is 0 Å². The molecule has 3 rings (SSSR count). The molecule has 1 aliphatic carbocycles. The van der Waals surface area contributed by atoms with Crippen molar-refractivity contribution in [2.45, 2.75) is 69.9 Å². The summed E-state index contributed by atoms with van der Waals surface area (Å²) in [5, 5.41) is 3.22. The Labute approximate surface area is 140 Å². The van der Waals surface area contributed by atoms with E-state index < -0.39 is 0 Å². The van der Waals surface area contributed by atoms with Crippen LogP contribution >= 0.6 is 23.6 Å². The molecule has 0 aromatic carbocycles. The molecule has 1 aromatic heterocycles. The SMILES string of the molecule is Cc1[nH]c(=S)sc1CC(=O)N[C@H]1CCOC2(CCCCC2)C1. The molecule has 22 heavy (non-hydrogen) atoms. The van der Waals surface area contributed by atoms with Crippen LogP contribution in [0.15, 0.2) is 0 Å². The normalized spacial score (nSPS) is 24.3. The number of hydrogen-bond donors (Lipinski definition) is 2. The molecule has 1 spiro atoms. The number of ether oxygens (including phenoxy) is 1. The maximum absolute atomic E-state index is 12.3. The van der Waals surface area contributed by atoms with Gasteiger partial charge in [-0.05, 0) is 44.8 Å². The molecular weight excluding hydrogens is 316 g/mol. The summed E-state index contributed by atoms with van der Waals surface area (Å²) >= 11 is 6.63. The predicted octanol–water partition coefficient (Wildman–Crippen LogP) is 3.65. The fourth-order valence-corrected chi connectivity index (χ4v) is 5.02. The number of amides is 1. The third-order valence-corrected chi connectivity index (χ3v) is 6.20. The van der Waals surface area contributed by atoms with E-state index in [9.17, 15) is 4.79 Å². The second kappa shape index (κ2) is 6.81. The molecule has 1 aliphatic heterocycles. The van der Waals surface area contributed by atoms with Crippen LogP contribution < -0.4 is 5.32 Å². The Hall–Kier alpha value is -0.720. The minimum atomic E-state index is 0.0366. The highest BCUT2D eigenvalue weighted by atomic mass is 32.1. The predicted molar refractivity (Wildman–Crippen MR) is 90.9 cm³/mol. The zero-order valence-corrected chi connectivity index (χ0v) is 14.7. The van der Waals surface area contributed by atoms with Crippen molar-refractivity contribution < 1.29 is 9.53 Å². The van der Waals surface area contributed by atoms with E-state index in [1.165, 1.54) is 30.6 Å². The smallest absolute Gasteiger partial charge is 0.225 e. The molecule has 2 fully saturated rings. The first-order valence-electron chi connectivity index (χ1n) is 8.18. The molecule has 6 heteroatoms. The molecule has 0 unspecified atom stereocenters. The number of H-pyrrole nitrogens is 1. The van der Waals surface area contributed by atoms with Crippen LogP contribution in [0.2, 0.25) is 0 Å². The highest BCUT2D eigenvalue weighted by Crippen LogP contribution is 2.38. The van der Waals surface area contributed by atoms with Gasteiger partial charge < -0.3 is 15.0 Å². The minimum absolute atomic E-state index is 0.0366. The molecule has 1 saturated heterocycles. The van der Waals surface area contributed by atoms with Crippen LogP contribution in [-0.4, -0.2) is 29.1 Å². The zero-order chi connectivity index (χ0) is 15.6. The van der Waals surface area contributed by atoms with Crippen LogP contribution in [0.4, 0.5) is 0 Å². The van der Waals surface area contributed by atoms with Crippen molar-refractivity contribution in [1.29, 1.82) is 0 Å². The highest BCUT2D eigenvalue weighted by molar-refractivity contribution is 7.73. The van der Waals surface area contributed by atoms with Gasteiger partial charge in [-0.1, -0.05) is 19.3 Å². The fourth-order valence-electron chi connectivity index (χ4n) is 3.73. The number of carbonyl (C=O) groups is 1. The number of aromatic amines is 1. The summed E-state index contributed by atoms with van der Waals surface area (Å²) in [6.07, 6.45) is 8.46. The van der Waals surface area contributed by atoms with Crippen LogP contribution in [0.5, 0.6) is 0 Å². The molecule has 2 aliphatic rings. The molecule has 0 radical (unpaired) electrons. The lowest BCUT2D eigenvalue weighted by atomic mass is 9.78. The summed E-state index contributed by atoms with van der Waals surface area (Å²) in [5.41, 5.74) is 1.05. The van der Waals surface area contributed by atoms with Crippen LogP contribution in [0.25, 0.3) is 0 Å². The van der Waals surface area contributed by atoms with E-state index >= 15 is 0 Å². The van der Waals surface area contributed by atoms with Crippen molar-refractivity contribution >= 4 is 29.5 Å². The minimum Gasteiger partial charge on any atom is -0.375 e. The van der Waals surface area contributed by atoms with Crippen molar-refractivity contribution in [3.8, 4) is 0 Å². The van der Waals surface area contributed by atoms with Crippen molar-refractivity contribution in [3.05, 3.63) is 14.5 Å². The molecule has 1 aromatic rings. The van der Waals surface area contributed by atoms with E-state index in [0.29, 0.717) is 6.42 Å². The van der Waals surface area contributed by atoms with E-state index in [2.05, 4.69) is 10.3 Å². The zero-order valence-electron chi connectivity index (χ0n) is 13.1.